The highest BCUT2D eigenvalue weighted by Gasteiger charge is 2.23. The number of hydrogen-bond acceptors (Lipinski definition) is 5. The highest BCUT2D eigenvalue weighted by atomic mass is 16.5. The third-order valence-electron chi connectivity index (χ3n) is 1.59. The van der Waals surface area contributed by atoms with E-state index in [2.05, 4.69) is 15.4 Å². The molecular weight excluding hydrogens is 156 g/mol. The zero-order chi connectivity index (χ0) is 8.39. The molecule has 0 unspecified atom stereocenters. The summed E-state index contributed by atoms with van der Waals surface area (Å²) in [6.07, 6.45) is 5.71. The van der Waals surface area contributed by atoms with Crippen LogP contribution in [0.5, 0.6) is 5.88 Å². The molecule has 1 saturated carbocycles. The van der Waals surface area contributed by atoms with Gasteiger partial charge in [-0.05, 0) is 12.8 Å². The molecule has 5 heteroatoms. The van der Waals surface area contributed by atoms with E-state index in [1.807, 2.05) is 0 Å². The fourth-order valence-electron chi connectivity index (χ4n) is 0.808. The van der Waals surface area contributed by atoms with Gasteiger partial charge in [-0.15, -0.1) is 0 Å². The summed E-state index contributed by atoms with van der Waals surface area (Å²) in [6.45, 7) is 0. The Balaban J connectivity index is 2.02. The molecule has 1 aliphatic rings. The number of aromatic nitrogens is 2. The first kappa shape index (κ1) is 7.30. The summed E-state index contributed by atoms with van der Waals surface area (Å²) in [5.41, 5.74) is 2.39. The Hall–Kier alpha value is -1.36. The van der Waals surface area contributed by atoms with Crippen LogP contribution in [0.2, 0.25) is 0 Å². The molecule has 1 aromatic heterocycles. The van der Waals surface area contributed by atoms with Crippen LogP contribution in [0.1, 0.15) is 12.8 Å². The fourth-order valence-corrected chi connectivity index (χ4v) is 0.808. The van der Waals surface area contributed by atoms with Crippen molar-refractivity contribution in [3.8, 4) is 5.88 Å². The number of ether oxygens (including phenoxy) is 1. The number of hydrazine groups is 1. The summed E-state index contributed by atoms with van der Waals surface area (Å²) in [5.74, 6) is 6.23. The minimum Gasteiger partial charge on any atom is -0.473 e. The van der Waals surface area contributed by atoms with Gasteiger partial charge in [0.1, 0.15) is 6.10 Å². The minimum absolute atomic E-state index is 0.357. The van der Waals surface area contributed by atoms with Gasteiger partial charge in [0.05, 0.1) is 12.4 Å². The third kappa shape index (κ3) is 1.62. The van der Waals surface area contributed by atoms with Crippen molar-refractivity contribution in [2.75, 3.05) is 5.43 Å². The van der Waals surface area contributed by atoms with E-state index in [9.17, 15) is 0 Å². The minimum atomic E-state index is 0.357. The Bertz CT molecular complexity index is 257. The first-order chi connectivity index (χ1) is 5.88. The van der Waals surface area contributed by atoms with Crippen LogP contribution in [-0.2, 0) is 0 Å². The molecule has 0 saturated heterocycles. The van der Waals surface area contributed by atoms with Crippen LogP contribution in [0.25, 0.3) is 0 Å². The van der Waals surface area contributed by atoms with Crippen LogP contribution in [0.3, 0.4) is 0 Å². The van der Waals surface area contributed by atoms with Gasteiger partial charge >= 0.3 is 0 Å². The molecule has 1 aliphatic carbocycles. The Morgan fingerprint density at radius 3 is 2.75 bits per heavy atom. The molecule has 0 radical (unpaired) electrons. The summed E-state index contributed by atoms with van der Waals surface area (Å²) < 4.78 is 5.38. The quantitative estimate of drug-likeness (QED) is 0.499. The predicted octanol–water partition coefficient (Wildman–Crippen LogP) is 0.303. The lowest BCUT2D eigenvalue weighted by molar-refractivity contribution is 0.290. The molecule has 3 N–H and O–H groups in total. The molecular formula is C7H10N4O. The summed E-state index contributed by atoms with van der Waals surface area (Å²) in [5, 5.41) is 0. The second-order valence-electron chi connectivity index (χ2n) is 2.70. The number of rotatable bonds is 3. The van der Waals surface area contributed by atoms with E-state index in [4.69, 9.17) is 10.6 Å². The number of anilines is 1. The molecule has 1 heterocycles. The molecule has 0 spiro atoms. The van der Waals surface area contributed by atoms with Crippen molar-refractivity contribution in [2.45, 2.75) is 18.9 Å². The Morgan fingerprint density at radius 1 is 1.42 bits per heavy atom. The monoisotopic (exact) mass is 166 g/mol. The van der Waals surface area contributed by atoms with Gasteiger partial charge in [-0.1, -0.05) is 0 Å². The van der Waals surface area contributed by atoms with Crippen LogP contribution in [0.4, 0.5) is 5.82 Å². The molecule has 1 aromatic rings. The normalized spacial score (nSPS) is 15.8. The van der Waals surface area contributed by atoms with Gasteiger partial charge in [0.2, 0.25) is 5.88 Å². The Morgan fingerprint density at radius 2 is 2.25 bits per heavy atom. The van der Waals surface area contributed by atoms with Crippen molar-refractivity contribution in [1.82, 2.24) is 9.97 Å². The second-order valence-corrected chi connectivity index (χ2v) is 2.70. The zero-order valence-corrected chi connectivity index (χ0v) is 6.53. The molecule has 0 aromatic carbocycles. The average Bonchev–Trinajstić information content (AvgIpc) is 2.90. The molecule has 64 valence electrons. The van der Waals surface area contributed by atoms with Gasteiger partial charge < -0.3 is 10.2 Å². The van der Waals surface area contributed by atoms with E-state index >= 15 is 0 Å². The highest BCUT2D eigenvalue weighted by molar-refractivity contribution is 5.29. The van der Waals surface area contributed by atoms with Crippen molar-refractivity contribution in [1.29, 1.82) is 0 Å². The van der Waals surface area contributed by atoms with E-state index in [1.54, 1.807) is 6.20 Å². The van der Waals surface area contributed by atoms with Crippen LogP contribution in [-0.4, -0.2) is 16.1 Å². The topological polar surface area (TPSA) is 73.1 Å². The number of hydrogen-bond donors (Lipinski definition) is 2. The van der Waals surface area contributed by atoms with Gasteiger partial charge in [0, 0.05) is 0 Å². The van der Waals surface area contributed by atoms with Gasteiger partial charge in [-0.3, -0.25) is 0 Å². The SMILES string of the molecule is NNc1cnc(OC2CC2)cn1. The van der Waals surface area contributed by atoms with Gasteiger partial charge in [0.15, 0.2) is 5.82 Å². The van der Waals surface area contributed by atoms with Crippen molar-refractivity contribution < 1.29 is 4.74 Å². The molecule has 1 fully saturated rings. The van der Waals surface area contributed by atoms with Crippen molar-refractivity contribution in [2.24, 2.45) is 5.84 Å². The maximum absolute atomic E-state index is 5.38. The molecule has 0 amide bonds. The summed E-state index contributed by atoms with van der Waals surface area (Å²) >= 11 is 0. The van der Waals surface area contributed by atoms with E-state index < -0.39 is 0 Å². The number of nitrogens with zero attached hydrogens (tertiary/aromatic N) is 2. The smallest absolute Gasteiger partial charge is 0.232 e. The van der Waals surface area contributed by atoms with E-state index in [0.29, 0.717) is 17.8 Å². The standard InChI is InChI=1S/C7H10N4O/c8-11-6-3-10-7(4-9-6)12-5-1-2-5/h3-5H,1-2,8H2,(H,9,11). The van der Waals surface area contributed by atoms with Crippen LogP contribution in [0.15, 0.2) is 12.4 Å². The summed E-state index contributed by atoms with van der Waals surface area (Å²) in [6, 6.07) is 0. The number of nitrogen functional groups attached to an aromatic ring is 1. The maximum atomic E-state index is 5.38. The fraction of sp³-hybridized carbons (Fsp3) is 0.429. The van der Waals surface area contributed by atoms with E-state index in [1.165, 1.54) is 6.20 Å². The molecule has 12 heavy (non-hydrogen) atoms. The Labute approximate surface area is 69.9 Å². The maximum Gasteiger partial charge on any atom is 0.232 e. The largest absolute Gasteiger partial charge is 0.473 e. The lowest BCUT2D eigenvalue weighted by Crippen LogP contribution is -2.09. The third-order valence-corrected chi connectivity index (χ3v) is 1.59. The van der Waals surface area contributed by atoms with Crippen molar-refractivity contribution in [3.05, 3.63) is 12.4 Å². The van der Waals surface area contributed by atoms with Gasteiger partial charge in [0.25, 0.3) is 0 Å². The average molecular weight is 166 g/mol. The van der Waals surface area contributed by atoms with E-state index in [0.717, 1.165) is 12.8 Å². The van der Waals surface area contributed by atoms with Gasteiger partial charge in [-0.2, -0.15) is 0 Å². The molecule has 0 bridgehead atoms. The zero-order valence-electron chi connectivity index (χ0n) is 6.53. The first-order valence-corrected chi connectivity index (χ1v) is 3.84. The van der Waals surface area contributed by atoms with Crippen LogP contribution < -0.4 is 16.0 Å². The molecule has 2 rings (SSSR count). The van der Waals surface area contributed by atoms with Crippen LogP contribution in [0, 0.1) is 0 Å². The summed E-state index contributed by atoms with van der Waals surface area (Å²) in [4.78, 5) is 7.96. The number of nitrogens with two attached hydrogens (primary N) is 1. The lowest BCUT2D eigenvalue weighted by atomic mass is 10.6. The Kier molecular flexibility index (Phi) is 1.79. The van der Waals surface area contributed by atoms with E-state index in [-0.39, 0.29) is 0 Å². The van der Waals surface area contributed by atoms with Crippen molar-refractivity contribution >= 4 is 5.82 Å². The second kappa shape index (κ2) is 2.94. The van der Waals surface area contributed by atoms with Crippen molar-refractivity contribution in [3.63, 3.8) is 0 Å². The molecule has 5 nitrogen and oxygen atoms in total. The predicted molar refractivity (Wildman–Crippen MR) is 43.5 cm³/mol. The number of nitrogens with one attached hydrogen (secondary N) is 1. The summed E-state index contributed by atoms with van der Waals surface area (Å²) in [7, 11) is 0. The van der Waals surface area contributed by atoms with Gasteiger partial charge in [-0.25, -0.2) is 15.8 Å². The lowest BCUT2D eigenvalue weighted by Gasteiger charge is -2.02. The highest BCUT2D eigenvalue weighted by Crippen LogP contribution is 2.24. The van der Waals surface area contributed by atoms with Crippen LogP contribution >= 0.6 is 0 Å². The first-order valence-electron chi connectivity index (χ1n) is 3.84. The molecule has 0 aliphatic heterocycles. The molecule has 0 atom stereocenters.